The SMILES string of the molecule is C[C@@H](Cn1nc(-c2ccco2)ccc1=O)C(=O)NC1CC1. The molecule has 2 aromatic rings. The summed E-state index contributed by atoms with van der Waals surface area (Å²) in [5.74, 6) is 0.260. The second-order valence-electron chi connectivity index (χ2n) is 5.40. The van der Waals surface area contributed by atoms with Crippen molar-refractivity contribution < 1.29 is 9.21 Å². The first-order chi connectivity index (χ1) is 10.1. The Bertz CT molecular complexity index is 686. The highest BCUT2D eigenvalue weighted by Gasteiger charge is 2.26. The zero-order chi connectivity index (χ0) is 14.8. The second kappa shape index (κ2) is 5.55. The first-order valence-electron chi connectivity index (χ1n) is 7.06. The third kappa shape index (κ3) is 3.21. The summed E-state index contributed by atoms with van der Waals surface area (Å²) in [5, 5.41) is 7.20. The summed E-state index contributed by atoms with van der Waals surface area (Å²) in [6.45, 7) is 2.05. The van der Waals surface area contributed by atoms with Crippen LogP contribution >= 0.6 is 0 Å². The van der Waals surface area contributed by atoms with Gasteiger partial charge >= 0.3 is 0 Å². The molecular formula is C15H17N3O3. The molecule has 3 rings (SSSR count). The lowest BCUT2D eigenvalue weighted by atomic mass is 10.1. The van der Waals surface area contributed by atoms with E-state index in [1.54, 1.807) is 31.4 Å². The first kappa shape index (κ1) is 13.6. The van der Waals surface area contributed by atoms with Crippen molar-refractivity contribution in [3.8, 4) is 11.5 Å². The van der Waals surface area contributed by atoms with E-state index in [0.717, 1.165) is 12.8 Å². The Hall–Kier alpha value is -2.37. The third-order valence-corrected chi connectivity index (χ3v) is 3.46. The molecule has 1 N–H and O–H groups in total. The average Bonchev–Trinajstić information content (AvgIpc) is 3.11. The molecule has 6 heteroatoms. The smallest absolute Gasteiger partial charge is 0.266 e. The Kier molecular flexibility index (Phi) is 3.60. The van der Waals surface area contributed by atoms with Gasteiger partial charge in [-0.3, -0.25) is 9.59 Å². The number of rotatable bonds is 5. The van der Waals surface area contributed by atoms with Gasteiger partial charge in [0.15, 0.2) is 5.76 Å². The third-order valence-electron chi connectivity index (χ3n) is 3.46. The van der Waals surface area contributed by atoms with Crippen LogP contribution in [-0.4, -0.2) is 21.7 Å². The molecule has 0 radical (unpaired) electrons. The Balaban J connectivity index is 1.76. The number of amides is 1. The highest BCUT2D eigenvalue weighted by molar-refractivity contribution is 5.78. The number of hydrogen-bond donors (Lipinski definition) is 1. The molecule has 1 amide bonds. The summed E-state index contributed by atoms with van der Waals surface area (Å²) in [6.07, 6.45) is 3.65. The van der Waals surface area contributed by atoms with Crippen molar-refractivity contribution in [3.63, 3.8) is 0 Å². The van der Waals surface area contributed by atoms with Gasteiger partial charge in [-0.05, 0) is 31.0 Å². The second-order valence-corrected chi connectivity index (χ2v) is 5.40. The van der Waals surface area contributed by atoms with Crippen LogP contribution < -0.4 is 10.9 Å². The van der Waals surface area contributed by atoms with Crippen LogP contribution in [0, 0.1) is 5.92 Å². The van der Waals surface area contributed by atoms with E-state index in [-0.39, 0.29) is 23.9 Å². The van der Waals surface area contributed by atoms with Crippen LogP contribution in [0.4, 0.5) is 0 Å². The van der Waals surface area contributed by atoms with Crippen molar-refractivity contribution in [2.75, 3.05) is 0 Å². The predicted octanol–water partition coefficient (Wildman–Crippen LogP) is 1.42. The van der Waals surface area contributed by atoms with E-state index in [2.05, 4.69) is 10.4 Å². The zero-order valence-electron chi connectivity index (χ0n) is 11.8. The molecule has 21 heavy (non-hydrogen) atoms. The minimum Gasteiger partial charge on any atom is -0.463 e. The average molecular weight is 287 g/mol. The van der Waals surface area contributed by atoms with Gasteiger partial charge in [-0.25, -0.2) is 4.68 Å². The van der Waals surface area contributed by atoms with E-state index in [9.17, 15) is 9.59 Å². The number of nitrogens with one attached hydrogen (secondary N) is 1. The fourth-order valence-corrected chi connectivity index (χ4v) is 2.05. The van der Waals surface area contributed by atoms with Gasteiger partial charge in [0, 0.05) is 12.1 Å². The Morgan fingerprint density at radius 2 is 2.29 bits per heavy atom. The molecule has 110 valence electrons. The molecule has 1 aliphatic carbocycles. The maximum Gasteiger partial charge on any atom is 0.266 e. The number of nitrogens with zero attached hydrogens (tertiary/aromatic N) is 2. The fourth-order valence-electron chi connectivity index (χ4n) is 2.05. The van der Waals surface area contributed by atoms with Crippen molar-refractivity contribution >= 4 is 5.91 Å². The van der Waals surface area contributed by atoms with Gasteiger partial charge in [0.2, 0.25) is 5.91 Å². The predicted molar refractivity (Wildman–Crippen MR) is 76.5 cm³/mol. The number of furan rings is 1. The lowest BCUT2D eigenvalue weighted by Gasteiger charge is -2.13. The zero-order valence-corrected chi connectivity index (χ0v) is 11.8. The fraction of sp³-hybridized carbons (Fsp3) is 0.400. The molecular weight excluding hydrogens is 270 g/mol. The van der Waals surface area contributed by atoms with Gasteiger partial charge in [0.25, 0.3) is 5.56 Å². The quantitative estimate of drug-likeness (QED) is 0.902. The normalized spacial score (nSPS) is 15.7. The molecule has 0 bridgehead atoms. The summed E-state index contributed by atoms with van der Waals surface area (Å²) in [6, 6.07) is 6.92. The van der Waals surface area contributed by atoms with Crippen LogP contribution in [0.15, 0.2) is 39.7 Å². The topological polar surface area (TPSA) is 77.1 Å². The summed E-state index contributed by atoms with van der Waals surface area (Å²) in [4.78, 5) is 23.8. The van der Waals surface area contributed by atoms with Crippen LogP contribution in [0.3, 0.4) is 0 Å². The van der Waals surface area contributed by atoms with E-state index in [1.807, 2.05) is 0 Å². The van der Waals surface area contributed by atoms with Crippen LogP contribution in [0.25, 0.3) is 11.5 Å². The highest BCUT2D eigenvalue weighted by atomic mass is 16.3. The van der Waals surface area contributed by atoms with Crippen molar-refractivity contribution in [2.45, 2.75) is 32.4 Å². The Morgan fingerprint density at radius 1 is 1.48 bits per heavy atom. The van der Waals surface area contributed by atoms with E-state index in [4.69, 9.17) is 4.42 Å². The van der Waals surface area contributed by atoms with Crippen molar-refractivity contribution in [1.29, 1.82) is 0 Å². The maximum atomic E-state index is 11.9. The summed E-state index contributed by atoms with van der Waals surface area (Å²) in [5.41, 5.74) is 0.353. The largest absolute Gasteiger partial charge is 0.463 e. The number of carbonyl (C=O) groups excluding carboxylic acids is 1. The molecule has 2 heterocycles. The highest BCUT2D eigenvalue weighted by Crippen LogP contribution is 2.19. The molecule has 6 nitrogen and oxygen atoms in total. The molecule has 0 aliphatic heterocycles. The number of hydrogen-bond acceptors (Lipinski definition) is 4. The molecule has 0 saturated heterocycles. The van der Waals surface area contributed by atoms with Crippen LogP contribution in [0.1, 0.15) is 19.8 Å². The molecule has 1 saturated carbocycles. The van der Waals surface area contributed by atoms with E-state index >= 15 is 0 Å². The van der Waals surface area contributed by atoms with E-state index in [0.29, 0.717) is 17.5 Å². The van der Waals surface area contributed by atoms with E-state index < -0.39 is 0 Å². The molecule has 1 atom stereocenters. The molecule has 1 aliphatic rings. The first-order valence-corrected chi connectivity index (χ1v) is 7.06. The minimum absolute atomic E-state index is 0.0328. The van der Waals surface area contributed by atoms with Crippen LogP contribution in [0.5, 0.6) is 0 Å². The van der Waals surface area contributed by atoms with Gasteiger partial charge in [-0.2, -0.15) is 5.10 Å². The van der Waals surface area contributed by atoms with Gasteiger partial charge in [-0.1, -0.05) is 6.92 Å². The maximum absolute atomic E-state index is 11.9. The van der Waals surface area contributed by atoms with Gasteiger partial charge in [0.1, 0.15) is 5.69 Å². The number of aromatic nitrogens is 2. The summed E-state index contributed by atoms with van der Waals surface area (Å²) in [7, 11) is 0. The lowest BCUT2D eigenvalue weighted by molar-refractivity contribution is -0.125. The van der Waals surface area contributed by atoms with Crippen LogP contribution in [-0.2, 0) is 11.3 Å². The van der Waals surface area contributed by atoms with Crippen molar-refractivity contribution in [2.24, 2.45) is 5.92 Å². The summed E-state index contributed by atoms with van der Waals surface area (Å²) >= 11 is 0. The van der Waals surface area contributed by atoms with Gasteiger partial charge in [0.05, 0.1) is 18.7 Å². The lowest BCUT2D eigenvalue weighted by Crippen LogP contribution is -2.35. The minimum atomic E-state index is -0.303. The van der Waals surface area contributed by atoms with Crippen LogP contribution in [0.2, 0.25) is 0 Å². The molecule has 0 aromatic carbocycles. The van der Waals surface area contributed by atoms with Gasteiger partial charge in [-0.15, -0.1) is 0 Å². The monoisotopic (exact) mass is 287 g/mol. The molecule has 1 fully saturated rings. The van der Waals surface area contributed by atoms with Crippen molar-refractivity contribution in [3.05, 3.63) is 40.9 Å². The molecule has 0 unspecified atom stereocenters. The van der Waals surface area contributed by atoms with Gasteiger partial charge < -0.3 is 9.73 Å². The van der Waals surface area contributed by atoms with Crippen molar-refractivity contribution in [1.82, 2.24) is 15.1 Å². The standard InChI is InChI=1S/C15H17N3O3/c1-10(15(20)16-11-4-5-11)9-18-14(19)7-6-12(17-18)13-3-2-8-21-13/h2-3,6-8,10-11H,4-5,9H2,1H3,(H,16,20)/t10-/m0/s1. The summed E-state index contributed by atoms with van der Waals surface area (Å²) < 4.78 is 6.59. The molecule has 0 spiro atoms. The Labute approximate surface area is 121 Å². The van der Waals surface area contributed by atoms with E-state index in [1.165, 1.54) is 10.7 Å². The Morgan fingerprint density at radius 3 is 2.95 bits per heavy atom. The molecule has 2 aromatic heterocycles. The number of carbonyl (C=O) groups is 1.